The zero-order valence-corrected chi connectivity index (χ0v) is 14.4. The Morgan fingerprint density at radius 2 is 1.84 bits per heavy atom. The molecule has 1 aromatic heterocycles. The van der Waals surface area contributed by atoms with E-state index in [1.165, 1.54) is 11.8 Å². The number of likely N-dealkylation sites (N-methyl/N-ethyl adjacent to an activating group) is 1. The van der Waals surface area contributed by atoms with Gasteiger partial charge in [0, 0.05) is 36.7 Å². The summed E-state index contributed by atoms with van der Waals surface area (Å²) in [6.45, 7) is 4.16. The maximum atomic E-state index is 12.4. The summed E-state index contributed by atoms with van der Waals surface area (Å²) in [6.07, 6.45) is 4.04. The summed E-state index contributed by atoms with van der Waals surface area (Å²) < 4.78 is 0. The van der Waals surface area contributed by atoms with E-state index in [0.29, 0.717) is 30.8 Å². The third-order valence-electron chi connectivity index (χ3n) is 3.81. The van der Waals surface area contributed by atoms with Gasteiger partial charge in [0.05, 0.1) is 0 Å². The number of Topliss-reactive ketones (excluding diaryl/α,β-unsaturated/α-hetero) is 1. The SMILES string of the molecule is CCN(CCc1ccncc1)C(=O)C(=O)Nc1cccc(C(C)=O)c1. The molecule has 0 aliphatic heterocycles. The number of ketones is 1. The van der Waals surface area contributed by atoms with Gasteiger partial charge in [0.1, 0.15) is 0 Å². The first-order valence-electron chi connectivity index (χ1n) is 8.11. The minimum atomic E-state index is -0.711. The zero-order chi connectivity index (χ0) is 18.2. The normalized spacial score (nSPS) is 10.2. The van der Waals surface area contributed by atoms with Crippen LogP contribution in [0.5, 0.6) is 0 Å². The molecule has 6 nitrogen and oxygen atoms in total. The maximum absolute atomic E-state index is 12.4. The van der Waals surface area contributed by atoms with Crippen LogP contribution in [0.25, 0.3) is 0 Å². The Labute approximate surface area is 146 Å². The number of aromatic nitrogens is 1. The molecule has 0 bridgehead atoms. The van der Waals surface area contributed by atoms with Crippen LogP contribution in [0.2, 0.25) is 0 Å². The minimum absolute atomic E-state index is 0.102. The molecule has 0 unspecified atom stereocenters. The van der Waals surface area contributed by atoms with Gasteiger partial charge in [-0.1, -0.05) is 12.1 Å². The molecule has 1 N–H and O–H groups in total. The molecule has 0 fully saturated rings. The van der Waals surface area contributed by atoms with Gasteiger partial charge in [0.2, 0.25) is 0 Å². The van der Waals surface area contributed by atoms with Crippen LogP contribution in [-0.4, -0.2) is 40.6 Å². The molecule has 1 aromatic carbocycles. The van der Waals surface area contributed by atoms with Crippen molar-refractivity contribution in [1.82, 2.24) is 9.88 Å². The number of nitrogens with one attached hydrogen (secondary N) is 1. The van der Waals surface area contributed by atoms with Crippen LogP contribution >= 0.6 is 0 Å². The lowest BCUT2D eigenvalue weighted by Crippen LogP contribution is -2.40. The van der Waals surface area contributed by atoms with Crippen LogP contribution in [0.3, 0.4) is 0 Å². The number of rotatable bonds is 6. The monoisotopic (exact) mass is 339 g/mol. The van der Waals surface area contributed by atoms with E-state index in [2.05, 4.69) is 10.3 Å². The Hall–Kier alpha value is -3.02. The first kappa shape index (κ1) is 18.3. The van der Waals surface area contributed by atoms with Gasteiger partial charge >= 0.3 is 11.8 Å². The lowest BCUT2D eigenvalue weighted by atomic mass is 10.1. The molecular weight excluding hydrogens is 318 g/mol. The molecule has 6 heteroatoms. The molecule has 25 heavy (non-hydrogen) atoms. The van der Waals surface area contributed by atoms with E-state index in [-0.39, 0.29) is 5.78 Å². The van der Waals surface area contributed by atoms with Crippen LogP contribution in [0, 0.1) is 0 Å². The molecule has 0 radical (unpaired) electrons. The average Bonchev–Trinajstić information content (AvgIpc) is 2.63. The number of carbonyl (C=O) groups excluding carboxylic acids is 3. The highest BCUT2D eigenvalue weighted by molar-refractivity contribution is 6.39. The van der Waals surface area contributed by atoms with Crippen LogP contribution in [0.15, 0.2) is 48.8 Å². The highest BCUT2D eigenvalue weighted by atomic mass is 16.2. The van der Waals surface area contributed by atoms with Crippen molar-refractivity contribution < 1.29 is 14.4 Å². The Morgan fingerprint density at radius 1 is 1.12 bits per heavy atom. The summed E-state index contributed by atoms with van der Waals surface area (Å²) in [4.78, 5) is 41.4. The number of carbonyl (C=O) groups is 3. The van der Waals surface area contributed by atoms with E-state index in [1.54, 1.807) is 36.7 Å². The lowest BCUT2D eigenvalue weighted by Gasteiger charge is -2.20. The van der Waals surface area contributed by atoms with Crippen LogP contribution in [-0.2, 0) is 16.0 Å². The number of pyridine rings is 1. The Morgan fingerprint density at radius 3 is 2.48 bits per heavy atom. The molecular formula is C19H21N3O3. The van der Waals surface area contributed by atoms with Crippen molar-refractivity contribution in [3.8, 4) is 0 Å². The van der Waals surface area contributed by atoms with Gasteiger partial charge in [-0.2, -0.15) is 0 Å². The predicted molar refractivity (Wildman–Crippen MR) is 95.3 cm³/mol. The molecule has 2 aromatic rings. The van der Waals surface area contributed by atoms with Gasteiger partial charge < -0.3 is 10.2 Å². The van der Waals surface area contributed by atoms with Crippen molar-refractivity contribution >= 4 is 23.3 Å². The molecule has 0 saturated heterocycles. The molecule has 2 amide bonds. The van der Waals surface area contributed by atoms with Crippen molar-refractivity contribution in [2.24, 2.45) is 0 Å². The largest absolute Gasteiger partial charge is 0.334 e. The van der Waals surface area contributed by atoms with Gasteiger partial charge in [-0.25, -0.2) is 0 Å². The number of amides is 2. The average molecular weight is 339 g/mol. The minimum Gasteiger partial charge on any atom is -0.334 e. The zero-order valence-electron chi connectivity index (χ0n) is 14.4. The van der Waals surface area contributed by atoms with Crippen molar-refractivity contribution in [3.63, 3.8) is 0 Å². The van der Waals surface area contributed by atoms with Crippen molar-refractivity contribution in [3.05, 3.63) is 59.9 Å². The van der Waals surface area contributed by atoms with E-state index in [9.17, 15) is 14.4 Å². The van der Waals surface area contributed by atoms with Crippen LogP contribution in [0.4, 0.5) is 5.69 Å². The van der Waals surface area contributed by atoms with Crippen molar-refractivity contribution in [1.29, 1.82) is 0 Å². The predicted octanol–water partition coefficient (Wildman–Crippen LogP) is 2.31. The Bertz CT molecular complexity index is 760. The summed E-state index contributed by atoms with van der Waals surface area (Å²) in [5.74, 6) is -1.41. The van der Waals surface area contributed by atoms with Gasteiger partial charge in [0.25, 0.3) is 0 Å². The first-order chi connectivity index (χ1) is 12.0. The van der Waals surface area contributed by atoms with E-state index in [1.807, 2.05) is 19.1 Å². The standard InChI is InChI=1S/C19H21N3O3/c1-3-22(12-9-15-7-10-20-11-8-15)19(25)18(24)21-17-6-4-5-16(13-17)14(2)23/h4-8,10-11,13H,3,9,12H2,1-2H3,(H,21,24). The second-order valence-electron chi connectivity index (χ2n) is 5.58. The molecule has 0 aliphatic carbocycles. The second-order valence-corrected chi connectivity index (χ2v) is 5.58. The fourth-order valence-corrected chi connectivity index (χ4v) is 2.36. The van der Waals surface area contributed by atoms with Crippen molar-refractivity contribution in [2.75, 3.05) is 18.4 Å². The fraction of sp³-hybridized carbons (Fsp3) is 0.263. The van der Waals surface area contributed by atoms with Crippen LogP contribution in [0.1, 0.15) is 29.8 Å². The van der Waals surface area contributed by atoms with Crippen molar-refractivity contribution in [2.45, 2.75) is 20.3 Å². The smallest absolute Gasteiger partial charge is 0.313 e. The van der Waals surface area contributed by atoms with Gasteiger partial charge in [0.15, 0.2) is 5.78 Å². The maximum Gasteiger partial charge on any atom is 0.313 e. The topological polar surface area (TPSA) is 79.4 Å². The highest BCUT2D eigenvalue weighted by Crippen LogP contribution is 2.11. The summed E-state index contributed by atoms with van der Waals surface area (Å²) in [6, 6.07) is 10.3. The third-order valence-corrected chi connectivity index (χ3v) is 3.81. The summed E-state index contributed by atoms with van der Waals surface area (Å²) in [5.41, 5.74) is 1.96. The van der Waals surface area contributed by atoms with E-state index < -0.39 is 11.8 Å². The quantitative estimate of drug-likeness (QED) is 0.647. The van der Waals surface area contributed by atoms with Crippen LogP contribution < -0.4 is 5.32 Å². The van der Waals surface area contributed by atoms with Gasteiger partial charge in [-0.15, -0.1) is 0 Å². The highest BCUT2D eigenvalue weighted by Gasteiger charge is 2.20. The molecule has 0 spiro atoms. The van der Waals surface area contributed by atoms with E-state index in [4.69, 9.17) is 0 Å². The number of nitrogens with zero attached hydrogens (tertiary/aromatic N) is 2. The third kappa shape index (κ3) is 5.24. The molecule has 0 saturated carbocycles. The molecule has 0 atom stereocenters. The number of benzene rings is 1. The second kappa shape index (κ2) is 8.73. The molecule has 2 rings (SSSR count). The Kier molecular flexibility index (Phi) is 6.39. The van der Waals surface area contributed by atoms with E-state index >= 15 is 0 Å². The number of anilines is 1. The van der Waals surface area contributed by atoms with E-state index in [0.717, 1.165) is 5.56 Å². The number of hydrogen-bond acceptors (Lipinski definition) is 4. The molecule has 1 heterocycles. The molecule has 0 aliphatic rings. The summed E-state index contributed by atoms with van der Waals surface area (Å²) >= 11 is 0. The summed E-state index contributed by atoms with van der Waals surface area (Å²) in [7, 11) is 0. The first-order valence-corrected chi connectivity index (χ1v) is 8.11. The van der Waals surface area contributed by atoms with Gasteiger partial charge in [-0.3, -0.25) is 19.4 Å². The van der Waals surface area contributed by atoms with Gasteiger partial charge in [-0.05, 0) is 50.1 Å². The number of hydrogen-bond donors (Lipinski definition) is 1. The fourth-order valence-electron chi connectivity index (χ4n) is 2.36. The lowest BCUT2D eigenvalue weighted by molar-refractivity contribution is -0.143. The molecule has 130 valence electrons. The summed E-state index contributed by atoms with van der Waals surface area (Å²) in [5, 5.41) is 2.56. The Balaban J connectivity index is 1.98.